The van der Waals surface area contributed by atoms with Gasteiger partial charge in [-0.05, 0) is 18.8 Å². The summed E-state index contributed by atoms with van der Waals surface area (Å²) in [6.45, 7) is 2.10. The maximum absolute atomic E-state index is 12.4. The molecule has 2 unspecified atom stereocenters. The fourth-order valence-electron chi connectivity index (χ4n) is 3.23. The largest absolute Gasteiger partial charge is 0.352 e. The Morgan fingerprint density at radius 3 is 2.65 bits per heavy atom. The molecule has 1 saturated carbocycles. The van der Waals surface area contributed by atoms with Crippen LogP contribution in [-0.4, -0.2) is 36.3 Å². The number of carbonyl (C=O) groups is 1. The number of rotatable bonds is 6. The summed E-state index contributed by atoms with van der Waals surface area (Å²) < 4.78 is 24.7. The molecular weight excluding hydrogens is 370 g/mol. The summed E-state index contributed by atoms with van der Waals surface area (Å²) in [4.78, 5) is 12.2. The van der Waals surface area contributed by atoms with Crippen LogP contribution in [0.1, 0.15) is 37.6 Å². The lowest BCUT2D eigenvalue weighted by Gasteiger charge is -2.29. The van der Waals surface area contributed by atoms with E-state index in [1.807, 2.05) is 30.3 Å². The van der Waals surface area contributed by atoms with E-state index in [-0.39, 0.29) is 11.8 Å². The van der Waals surface area contributed by atoms with Crippen LogP contribution in [0.4, 0.5) is 0 Å². The third kappa shape index (κ3) is 5.11. The smallest absolute Gasteiger partial charge is 0.235 e. The Morgan fingerprint density at radius 2 is 1.92 bits per heavy atom. The lowest BCUT2D eigenvalue weighted by molar-refractivity contribution is -0.119. The molecule has 1 heterocycles. The summed E-state index contributed by atoms with van der Waals surface area (Å²) >= 11 is 1.24. The van der Waals surface area contributed by atoms with Crippen molar-refractivity contribution < 1.29 is 13.2 Å². The minimum absolute atomic E-state index is 0.0812. The van der Waals surface area contributed by atoms with Crippen LogP contribution >= 0.6 is 11.3 Å². The van der Waals surface area contributed by atoms with Crippen LogP contribution in [0.5, 0.6) is 0 Å². The zero-order chi connectivity index (χ0) is 18.6. The number of aromatic nitrogens is 2. The summed E-state index contributed by atoms with van der Waals surface area (Å²) in [5.74, 6) is -0.787. The standard InChI is InChI=1S/C18H23N3O3S2/c1-13-7-5-6-10-15(13)19-16(22)11-26(23,24)12-17-20-21-18(25-17)14-8-3-2-4-9-14/h2-4,8-9,13,15H,5-7,10-12H2,1H3,(H,19,22). The van der Waals surface area contributed by atoms with Crippen LogP contribution in [0, 0.1) is 5.92 Å². The third-order valence-electron chi connectivity index (χ3n) is 4.64. The molecule has 1 aromatic heterocycles. The molecule has 0 aliphatic heterocycles. The summed E-state index contributed by atoms with van der Waals surface area (Å²) in [5.41, 5.74) is 0.901. The first-order valence-electron chi connectivity index (χ1n) is 8.80. The van der Waals surface area contributed by atoms with E-state index in [1.54, 1.807) is 0 Å². The lowest BCUT2D eigenvalue weighted by atomic mass is 9.86. The molecule has 0 radical (unpaired) electrons. The van der Waals surface area contributed by atoms with Gasteiger partial charge in [0.25, 0.3) is 0 Å². The Hall–Kier alpha value is -1.80. The molecule has 6 nitrogen and oxygen atoms in total. The molecule has 1 fully saturated rings. The van der Waals surface area contributed by atoms with Crippen LogP contribution in [0.2, 0.25) is 0 Å². The highest BCUT2D eigenvalue weighted by molar-refractivity contribution is 7.91. The van der Waals surface area contributed by atoms with Gasteiger partial charge in [0.2, 0.25) is 5.91 Å². The van der Waals surface area contributed by atoms with Crippen LogP contribution in [0.3, 0.4) is 0 Å². The van der Waals surface area contributed by atoms with Crippen LogP contribution in [-0.2, 0) is 20.4 Å². The fraction of sp³-hybridized carbons (Fsp3) is 0.500. The number of carbonyl (C=O) groups excluding carboxylic acids is 1. The first-order chi connectivity index (χ1) is 12.4. The van der Waals surface area contributed by atoms with Crippen molar-refractivity contribution in [1.29, 1.82) is 0 Å². The van der Waals surface area contributed by atoms with Crippen molar-refractivity contribution in [2.45, 2.75) is 44.4 Å². The number of nitrogens with one attached hydrogen (secondary N) is 1. The van der Waals surface area contributed by atoms with Gasteiger partial charge in [-0.2, -0.15) is 0 Å². The zero-order valence-electron chi connectivity index (χ0n) is 14.7. The highest BCUT2D eigenvalue weighted by Crippen LogP contribution is 2.25. The van der Waals surface area contributed by atoms with Gasteiger partial charge in [-0.3, -0.25) is 4.79 Å². The number of hydrogen-bond acceptors (Lipinski definition) is 6. The minimum Gasteiger partial charge on any atom is -0.352 e. The van der Waals surface area contributed by atoms with Gasteiger partial charge in [-0.1, -0.05) is 61.4 Å². The van der Waals surface area contributed by atoms with E-state index < -0.39 is 21.5 Å². The maximum atomic E-state index is 12.4. The fourth-order valence-corrected chi connectivity index (χ4v) is 5.66. The summed E-state index contributed by atoms with van der Waals surface area (Å²) in [5, 5.41) is 12.0. The van der Waals surface area contributed by atoms with Crippen LogP contribution in [0.15, 0.2) is 30.3 Å². The summed E-state index contributed by atoms with van der Waals surface area (Å²) in [6, 6.07) is 9.57. The Bertz CT molecular complexity index is 850. The van der Waals surface area contributed by atoms with Gasteiger partial charge in [0.05, 0.1) is 0 Å². The molecule has 2 atom stereocenters. The summed E-state index contributed by atoms with van der Waals surface area (Å²) in [6.07, 6.45) is 4.25. The highest BCUT2D eigenvalue weighted by Gasteiger charge is 2.26. The van der Waals surface area contributed by atoms with Gasteiger partial charge in [0.15, 0.2) is 9.84 Å². The average Bonchev–Trinajstić information content (AvgIpc) is 3.05. The van der Waals surface area contributed by atoms with E-state index in [0.29, 0.717) is 15.9 Å². The third-order valence-corrected chi connectivity index (χ3v) is 7.21. The van der Waals surface area contributed by atoms with E-state index >= 15 is 0 Å². The molecule has 1 aliphatic rings. The lowest BCUT2D eigenvalue weighted by Crippen LogP contribution is -2.43. The van der Waals surface area contributed by atoms with E-state index in [1.165, 1.54) is 17.8 Å². The van der Waals surface area contributed by atoms with Crippen molar-refractivity contribution in [2.24, 2.45) is 5.92 Å². The normalized spacial score (nSPS) is 20.7. The molecule has 26 heavy (non-hydrogen) atoms. The maximum Gasteiger partial charge on any atom is 0.235 e. The quantitative estimate of drug-likeness (QED) is 0.815. The van der Waals surface area contributed by atoms with Gasteiger partial charge in [-0.15, -0.1) is 10.2 Å². The molecule has 1 N–H and O–H groups in total. The first kappa shape index (κ1) is 19.0. The molecule has 0 saturated heterocycles. The molecule has 3 rings (SSSR count). The predicted molar refractivity (Wildman–Crippen MR) is 102 cm³/mol. The SMILES string of the molecule is CC1CCCCC1NC(=O)CS(=O)(=O)Cc1nnc(-c2ccccc2)s1. The Morgan fingerprint density at radius 1 is 1.19 bits per heavy atom. The highest BCUT2D eigenvalue weighted by atomic mass is 32.2. The number of benzene rings is 1. The molecule has 0 spiro atoms. The Balaban J connectivity index is 1.58. The second kappa shape index (κ2) is 8.26. The van der Waals surface area contributed by atoms with E-state index in [9.17, 15) is 13.2 Å². The van der Waals surface area contributed by atoms with Crippen LogP contribution in [0.25, 0.3) is 10.6 Å². The number of hydrogen-bond donors (Lipinski definition) is 1. The van der Waals surface area contributed by atoms with Crippen molar-refractivity contribution in [2.75, 3.05) is 5.75 Å². The minimum atomic E-state index is -3.58. The predicted octanol–water partition coefficient (Wildman–Crippen LogP) is 2.81. The van der Waals surface area contributed by atoms with Gasteiger partial charge < -0.3 is 5.32 Å². The second-order valence-electron chi connectivity index (χ2n) is 6.83. The molecule has 1 aromatic carbocycles. The van der Waals surface area contributed by atoms with Crippen molar-refractivity contribution in [1.82, 2.24) is 15.5 Å². The number of amides is 1. The monoisotopic (exact) mass is 393 g/mol. The number of sulfone groups is 1. The molecule has 2 aromatic rings. The number of nitrogens with zero attached hydrogens (tertiary/aromatic N) is 2. The van der Waals surface area contributed by atoms with E-state index in [0.717, 1.165) is 24.8 Å². The van der Waals surface area contributed by atoms with E-state index in [2.05, 4.69) is 22.4 Å². The van der Waals surface area contributed by atoms with Gasteiger partial charge in [-0.25, -0.2) is 8.42 Å². The second-order valence-corrected chi connectivity index (χ2v) is 9.96. The van der Waals surface area contributed by atoms with Gasteiger partial charge >= 0.3 is 0 Å². The average molecular weight is 394 g/mol. The molecule has 0 bridgehead atoms. The van der Waals surface area contributed by atoms with Crippen molar-refractivity contribution in [3.8, 4) is 10.6 Å². The van der Waals surface area contributed by atoms with Crippen molar-refractivity contribution in [3.05, 3.63) is 35.3 Å². The molecular formula is C18H23N3O3S2. The summed E-state index contributed by atoms with van der Waals surface area (Å²) in [7, 11) is -3.58. The first-order valence-corrected chi connectivity index (χ1v) is 11.4. The Labute approximate surface area is 158 Å². The molecule has 1 amide bonds. The van der Waals surface area contributed by atoms with Crippen molar-refractivity contribution >= 4 is 27.1 Å². The van der Waals surface area contributed by atoms with E-state index in [4.69, 9.17) is 0 Å². The molecule has 1 aliphatic carbocycles. The zero-order valence-corrected chi connectivity index (χ0v) is 16.4. The van der Waals surface area contributed by atoms with Gasteiger partial charge in [0.1, 0.15) is 21.5 Å². The molecule has 140 valence electrons. The van der Waals surface area contributed by atoms with Crippen molar-refractivity contribution in [3.63, 3.8) is 0 Å². The Kier molecular flexibility index (Phi) is 6.03. The topological polar surface area (TPSA) is 89.0 Å². The van der Waals surface area contributed by atoms with Crippen LogP contribution < -0.4 is 5.32 Å². The van der Waals surface area contributed by atoms with Gasteiger partial charge in [0, 0.05) is 11.6 Å². The molecule has 8 heteroatoms.